The van der Waals surface area contributed by atoms with Crippen molar-refractivity contribution in [2.45, 2.75) is 13.8 Å². The number of rotatable bonds is 3. The lowest BCUT2D eigenvalue weighted by atomic mass is 10.2. The first kappa shape index (κ1) is 16.7. The van der Waals surface area contributed by atoms with Crippen molar-refractivity contribution in [2.24, 2.45) is 0 Å². The average molecular weight is 347 g/mol. The summed E-state index contributed by atoms with van der Waals surface area (Å²) in [5.41, 5.74) is 1.96. The number of morpholine rings is 1. The number of carbonyl (C=O) groups excluding carboxylic acids is 1. The van der Waals surface area contributed by atoms with Gasteiger partial charge in [0, 0.05) is 29.9 Å². The summed E-state index contributed by atoms with van der Waals surface area (Å²) in [5, 5.41) is 3.52. The van der Waals surface area contributed by atoms with E-state index in [-0.39, 0.29) is 5.91 Å². The number of nitrogens with zero attached hydrogens (tertiary/aromatic N) is 3. The molecule has 7 heteroatoms. The fraction of sp³-hybridized carbons (Fsp3) is 0.353. The van der Waals surface area contributed by atoms with E-state index in [1.54, 1.807) is 25.1 Å². The number of nitrogens with one attached hydrogen (secondary N) is 1. The van der Waals surface area contributed by atoms with Crippen LogP contribution >= 0.6 is 11.6 Å². The molecule has 0 spiro atoms. The SMILES string of the molecule is Cc1nc(C(=O)Nc2ccc(Cl)cc2C)cc(N2CCOCC2)n1. The average Bonchev–Trinajstić information content (AvgIpc) is 2.57. The Morgan fingerprint density at radius 1 is 1.21 bits per heavy atom. The molecule has 1 fully saturated rings. The monoisotopic (exact) mass is 346 g/mol. The lowest BCUT2D eigenvalue weighted by Gasteiger charge is -2.28. The molecule has 0 radical (unpaired) electrons. The molecule has 3 rings (SSSR count). The maximum Gasteiger partial charge on any atom is 0.274 e. The largest absolute Gasteiger partial charge is 0.378 e. The van der Waals surface area contributed by atoms with Gasteiger partial charge in [-0.3, -0.25) is 4.79 Å². The first-order valence-corrected chi connectivity index (χ1v) is 8.16. The summed E-state index contributed by atoms with van der Waals surface area (Å²) in [6, 6.07) is 7.06. The quantitative estimate of drug-likeness (QED) is 0.925. The minimum absolute atomic E-state index is 0.263. The number of hydrogen-bond donors (Lipinski definition) is 1. The number of aromatic nitrogens is 2. The number of hydrogen-bond acceptors (Lipinski definition) is 5. The van der Waals surface area contributed by atoms with Gasteiger partial charge in [0.15, 0.2) is 0 Å². The Bertz CT molecular complexity index is 760. The molecule has 0 aliphatic carbocycles. The lowest BCUT2D eigenvalue weighted by molar-refractivity contribution is 0.102. The van der Waals surface area contributed by atoms with Crippen LogP contribution in [-0.2, 0) is 4.74 Å². The summed E-state index contributed by atoms with van der Waals surface area (Å²) < 4.78 is 5.36. The summed E-state index contributed by atoms with van der Waals surface area (Å²) in [7, 11) is 0. The summed E-state index contributed by atoms with van der Waals surface area (Å²) in [5.74, 6) is 1.06. The first-order chi connectivity index (χ1) is 11.5. The van der Waals surface area contributed by atoms with Gasteiger partial charge in [0.25, 0.3) is 5.91 Å². The zero-order valence-corrected chi connectivity index (χ0v) is 14.4. The van der Waals surface area contributed by atoms with Gasteiger partial charge in [-0.25, -0.2) is 9.97 Å². The number of aryl methyl sites for hydroxylation is 2. The van der Waals surface area contributed by atoms with Crippen molar-refractivity contribution in [3.05, 3.63) is 46.4 Å². The highest BCUT2D eigenvalue weighted by atomic mass is 35.5. The van der Waals surface area contributed by atoms with Gasteiger partial charge in [-0.15, -0.1) is 0 Å². The minimum Gasteiger partial charge on any atom is -0.378 e. The highest BCUT2D eigenvalue weighted by Gasteiger charge is 2.17. The van der Waals surface area contributed by atoms with Crippen molar-refractivity contribution < 1.29 is 9.53 Å². The molecule has 1 amide bonds. The topological polar surface area (TPSA) is 67.4 Å². The van der Waals surface area contributed by atoms with Crippen LogP contribution in [0.5, 0.6) is 0 Å². The van der Waals surface area contributed by atoms with Crippen molar-refractivity contribution >= 4 is 29.0 Å². The van der Waals surface area contributed by atoms with Gasteiger partial charge in [0.1, 0.15) is 17.3 Å². The molecule has 1 aliphatic heterocycles. The van der Waals surface area contributed by atoms with Gasteiger partial charge < -0.3 is 15.0 Å². The second kappa shape index (κ2) is 7.15. The van der Waals surface area contributed by atoms with Crippen molar-refractivity contribution in [1.82, 2.24) is 9.97 Å². The first-order valence-electron chi connectivity index (χ1n) is 7.79. The maximum atomic E-state index is 12.6. The summed E-state index contributed by atoms with van der Waals surface area (Å²) in [6.07, 6.45) is 0. The van der Waals surface area contributed by atoms with E-state index in [2.05, 4.69) is 20.2 Å². The Labute approximate surface area is 145 Å². The second-order valence-electron chi connectivity index (χ2n) is 5.67. The van der Waals surface area contributed by atoms with Crippen molar-refractivity contribution in [3.63, 3.8) is 0 Å². The van der Waals surface area contributed by atoms with E-state index < -0.39 is 0 Å². The van der Waals surface area contributed by atoms with E-state index >= 15 is 0 Å². The molecule has 126 valence electrons. The third kappa shape index (κ3) is 3.83. The van der Waals surface area contributed by atoms with E-state index in [4.69, 9.17) is 16.3 Å². The van der Waals surface area contributed by atoms with E-state index in [1.807, 2.05) is 13.0 Å². The smallest absolute Gasteiger partial charge is 0.274 e. The van der Waals surface area contributed by atoms with E-state index in [0.717, 1.165) is 24.5 Å². The summed E-state index contributed by atoms with van der Waals surface area (Å²) in [4.78, 5) is 23.4. The normalized spacial score (nSPS) is 14.5. The molecule has 0 atom stereocenters. The number of halogens is 1. The zero-order valence-electron chi connectivity index (χ0n) is 13.7. The minimum atomic E-state index is -0.263. The fourth-order valence-corrected chi connectivity index (χ4v) is 2.80. The fourth-order valence-electron chi connectivity index (χ4n) is 2.58. The molecule has 0 unspecified atom stereocenters. The Morgan fingerprint density at radius 3 is 2.67 bits per heavy atom. The van der Waals surface area contributed by atoms with E-state index in [1.165, 1.54) is 0 Å². The molecule has 1 N–H and O–H groups in total. The zero-order chi connectivity index (χ0) is 17.1. The van der Waals surface area contributed by atoms with Crippen LogP contribution in [0.2, 0.25) is 5.02 Å². The number of carbonyl (C=O) groups is 1. The van der Waals surface area contributed by atoms with Crippen molar-refractivity contribution in [3.8, 4) is 0 Å². The Balaban J connectivity index is 1.82. The molecule has 1 aromatic carbocycles. The summed E-state index contributed by atoms with van der Waals surface area (Å²) in [6.45, 7) is 6.52. The number of benzene rings is 1. The van der Waals surface area contributed by atoms with Crippen molar-refractivity contribution in [1.29, 1.82) is 0 Å². The van der Waals surface area contributed by atoms with Crippen LogP contribution in [0.25, 0.3) is 0 Å². The molecule has 0 saturated carbocycles. The summed E-state index contributed by atoms with van der Waals surface area (Å²) >= 11 is 5.95. The van der Waals surface area contributed by atoms with Gasteiger partial charge in [-0.1, -0.05) is 11.6 Å². The highest BCUT2D eigenvalue weighted by Crippen LogP contribution is 2.21. The number of anilines is 2. The molecule has 1 saturated heterocycles. The Morgan fingerprint density at radius 2 is 1.96 bits per heavy atom. The molecule has 2 heterocycles. The number of ether oxygens (including phenoxy) is 1. The molecule has 2 aromatic rings. The predicted octanol–water partition coefficient (Wildman–Crippen LogP) is 2.84. The van der Waals surface area contributed by atoms with Crippen LogP contribution in [0.4, 0.5) is 11.5 Å². The van der Waals surface area contributed by atoms with E-state index in [9.17, 15) is 4.79 Å². The van der Waals surface area contributed by atoms with Crippen LogP contribution in [0, 0.1) is 13.8 Å². The third-order valence-corrected chi connectivity index (χ3v) is 4.06. The van der Waals surface area contributed by atoms with E-state index in [0.29, 0.717) is 35.4 Å². The Hall–Kier alpha value is -2.18. The van der Waals surface area contributed by atoms with Gasteiger partial charge >= 0.3 is 0 Å². The van der Waals surface area contributed by atoms with Gasteiger partial charge in [-0.05, 0) is 37.6 Å². The van der Waals surface area contributed by atoms with Crippen LogP contribution in [-0.4, -0.2) is 42.2 Å². The van der Waals surface area contributed by atoms with Gasteiger partial charge in [0.05, 0.1) is 13.2 Å². The van der Waals surface area contributed by atoms with Crippen LogP contribution in [0.15, 0.2) is 24.3 Å². The number of amides is 1. The molecule has 1 aliphatic rings. The second-order valence-corrected chi connectivity index (χ2v) is 6.11. The third-order valence-electron chi connectivity index (χ3n) is 3.83. The maximum absolute atomic E-state index is 12.6. The molecule has 6 nitrogen and oxygen atoms in total. The molecule has 0 bridgehead atoms. The van der Waals surface area contributed by atoms with Gasteiger partial charge in [0.2, 0.25) is 0 Å². The standard InChI is InChI=1S/C17H19ClN4O2/c1-11-9-13(18)3-4-14(11)21-17(23)15-10-16(20-12(2)19-15)22-5-7-24-8-6-22/h3-4,9-10H,5-8H2,1-2H3,(H,21,23). The molecular formula is C17H19ClN4O2. The van der Waals surface area contributed by atoms with Crippen LogP contribution < -0.4 is 10.2 Å². The molecular weight excluding hydrogens is 328 g/mol. The molecule has 1 aromatic heterocycles. The van der Waals surface area contributed by atoms with Gasteiger partial charge in [-0.2, -0.15) is 0 Å². The van der Waals surface area contributed by atoms with Crippen LogP contribution in [0.1, 0.15) is 21.9 Å². The van der Waals surface area contributed by atoms with Crippen molar-refractivity contribution in [2.75, 3.05) is 36.5 Å². The highest BCUT2D eigenvalue weighted by molar-refractivity contribution is 6.30. The Kier molecular flexibility index (Phi) is 4.97. The molecule has 24 heavy (non-hydrogen) atoms. The predicted molar refractivity (Wildman–Crippen MR) is 93.9 cm³/mol. The van der Waals surface area contributed by atoms with Crippen LogP contribution in [0.3, 0.4) is 0 Å². The lowest BCUT2D eigenvalue weighted by Crippen LogP contribution is -2.37.